The van der Waals surface area contributed by atoms with E-state index < -0.39 is 0 Å². The van der Waals surface area contributed by atoms with E-state index in [1.807, 2.05) is 37.3 Å². The van der Waals surface area contributed by atoms with Crippen LogP contribution in [0.2, 0.25) is 0 Å². The summed E-state index contributed by atoms with van der Waals surface area (Å²) in [5.41, 5.74) is 2.38. The van der Waals surface area contributed by atoms with Gasteiger partial charge in [0.15, 0.2) is 0 Å². The van der Waals surface area contributed by atoms with E-state index >= 15 is 0 Å². The summed E-state index contributed by atoms with van der Waals surface area (Å²) in [5, 5.41) is 13.5. The van der Waals surface area contributed by atoms with Crippen molar-refractivity contribution in [2.45, 2.75) is 44.8 Å². The minimum Gasteiger partial charge on any atom is -0.393 e. The molecule has 1 aromatic heterocycles. The van der Waals surface area contributed by atoms with E-state index in [1.54, 1.807) is 0 Å². The lowest BCUT2D eigenvalue weighted by Gasteiger charge is -2.26. The molecule has 1 aliphatic rings. The summed E-state index contributed by atoms with van der Waals surface area (Å²) in [6, 6.07) is 9.71. The number of aliphatic hydroxyl groups excluding tert-OH is 1. The van der Waals surface area contributed by atoms with Gasteiger partial charge in [0.2, 0.25) is 0 Å². The van der Waals surface area contributed by atoms with Gasteiger partial charge in [0.1, 0.15) is 0 Å². The predicted octanol–water partition coefficient (Wildman–Crippen LogP) is 2.58. The van der Waals surface area contributed by atoms with Crippen molar-refractivity contribution in [3.05, 3.63) is 41.6 Å². The Labute approximate surface area is 124 Å². The molecule has 1 aromatic carbocycles. The van der Waals surface area contributed by atoms with Crippen molar-refractivity contribution in [3.8, 4) is 0 Å². The minimum absolute atomic E-state index is 0.0434. The van der Waals surface area contributed by atoms with Crippen LogP contribution in [0.1, 0.15) is 41.7 Å². The van der Waals surface area contributed by atoms with Crippen molar-refractivity contribution < 1.29 is 9.90 Å². The maximum atomic E-state index is 12.6. The summed E-state index contributed by atoms with van der Waals surface area (Å²) < 4.78 is 0. The second kappa shape index (κ2) is 5.82. The molecule has 3 rings (SSSR count). The average Bonchev–Trinajstić information content (AvgIpc) is 2.48. The topological polar surface area (TPSA) is 62.2 Å². The lowest BCUT2D eigenvalue weighted by atomic mass is 9.93. The van der Waals surface area contributed by atoms with Gasteiger partial charge >= 0.3 is 0 Å². The van der Waals surface area contributed by atoms with E-state index in [1.165, 1.54) is 0 Å². The number of amides is 1. The number of fused-ring (bicyclic) bond motifs is 1. The third-order valence-electron chi connectivity index (χ3n) is 4.12. The number of nitrogens with one attached hydrogen (secondary N) is 1. The van der Waals surface area contributed by atoms with Crippen LogP contribution in [-0.2, 0) is 0 Å². The molecule has 0 saturated heterocycles. The molecule has 2 N–H and O–H groups in total. The van der Waals surface area contributed by atoms with Crippen LogP contribution in [0.4, 0.5) is 0 Å². The first-order valence-corrected chi connectivity index (χ1v) is 7.49. The average molecular weight is 284 g/mol. The number of pyridine rings is 1. The fourth-order valence-electron chi connectivity index (χ4n) is 2.98. The predicted molar refractivity (Wildman–Crippen MR) is 82.2 cm³/mol. The summed E-state index contributed by atoms with van der Waals surface area (Å²) in [7, 11) is 0. The van der Waals surface area contributed by atoms with Crippen LogP contribution >= 0.6 is 0 Å². The van der Waals surface area contributed by atoms with Gasteiger partial charge in [-0.2, -0.15) is 0 Å². The zero-order chi connectivity index (χ0) is 14.8. The number of nitrogens with zero attached hydrogens (tertiary/aromatic N) is 1. The number of rotatable bonds is 2. The van der Waals surface area contributed by atoms with Gasteiger partial charge < -0.3 is 10.4 Å². The van der Waals surface area contributed by atoms with Crippen LogP contribution in [0.25, 0.3) is 10.9 Å². The van der Waals surface area contributed by atoms with Gasteiger partial charge in [0.05, 0.1) is 17.2 Å². The Morgan fingerprint density at radius 2 is 1.95 bits per heavy atom. The molecule has 1 heterocycles. The van der Waals surface area contributed by atoms with Crippen molar-refractivity contribution in [2.75, 3.05) is 0 Å². The summed E-state index contributed by atoms with van der Waals surface area (Å²) in [4.78, 5) is 17.0. The van der Waals surface area contributed by atoms with Gasteiger partial charge in [-0.1, -0.05) is 18.2 Å². The highest BCUT2D eigenvalue weighted by molar-refractivity contribution is 6.06. The molecule has 1 fully saturated rings. The summed E-state index contributed by atoms with van der Waals surface area (Å²) in [5.74, 6) is -0.0434. The number of aromatic nitrogens is 1. The first kappa shape index (κ1) is 14.0. The molecule has 1 saturated carbocycles. The van der Waals surface area contributed by atoms with Crippen LogP contribution in [0.5, 0.6) is 0 Å². The smallest absolute Gasteiger partial charge is 0.252 e. The van der Waals surface area contributed by atoms with E-state index in [9.17, 15) is 9.90 Å². The minimum atomic E-state index is -0.206. The molecule has 0 aliphatic heterocycles. The number of aryl methyl sites for hydroxylation is 1. The summed E-state index contributed by atoms with van der Waals surface area (Å²) in [6.45, 7) is 1.90. The molecule has 1 aliphatic carbocycles. The maximum absolute atomic E-state index is 12.6. The number of para-hydroxylation sites is 1. The molecule has 0 spiro atoms. The number of carbonyl (C=O) groups excluding carboxylic acids is 1. The Bertz CT molecular complexity index is 661. The third-order valence-corrected chi connectivity index (χ3v) is 4.12. The standard InChI is InChI=1S/C17H20N2O2/c1-11-10-15(14-4-2-3-5-16(14)18-11)17(21)19-12-6-8-13(20)9-7-12/h2-5,10,12-13,20H,6-9H2,1H3,(H,19,21). The van der Waals surface area contributed by atoms with Crippen LogP contribution in [0, 0.1) is 6.92 Å². The van der Waals surface area contributed by atoms with Crippen molar-refractivity contribution in [3.63, 3.8) is 0 Å². The molecule has 21 heavy (non-hydrogen) atoms. The summed E-state index contributed by atoms with van der Waals surface area (Å²) >= 11 is 0. The number of carbonyl (C=O) groups is 1. The van der Waals surface area contributed by atoms with E-state index in [2.05, 4.69) is 10.3 Å². The SMILES string of the molecule is Cc1cc(C(=O)NC2CCC(O)CC2)c2ccccc2n1. The van der Waals surface area contributed by atoms with Gasteiger partial charge in [-0.25, -0.2) is 0 Å². The highest BCUT2D eigenvalue weighted by Crippen LogP contribution is 2.21. The number of benzene rings is 1. The highest BCUT2D eigenvalue weighted by Gasteiger charge is 2.22. The van der Waals surface area contributed by atoms with Gasteiger partial charge in [-0.05, 0) is 44.7 Å². The monoisotopic (exact) mass is 284 g/mol. The van der Waals surface area contributed by atoms with Crippen molar-refractivity contribution >= 4 is 16.8 Å². The molecule has 2 aromatic rings. The molecule has 4 nitrogen and oxygen atoms in total. The molecule has 0 radical (unpaired) electrons. The first-order chi connectivity index (χ1) is 10.1. The number of hydrogen-bond acceptors (Lipinski definition) is 3. The largest absolute Gasteiger partial charge is 0.393 e. The first-order valence-electron chi connectivity index (χ1n) is 7.49. The third kappa shape index (κ3) is 3.05. The van der Waals surface area contributed by atoms with Gasteiger partial charge in [-0.3, -0.25) is 9.78 Å². The van der Waals surface area contributed by atoms with Crippen LogP contribution < -0.4 is 5.32 Å². The summed E-state index contributed by atoms with van der Waals surface area (Å²) in [6.07, 6.45) is 3.01. The van der Waals surface area contributed by atoms with Crippen LogP contribution in [-0.4, -0.2) is 28.1 Å². The molecule has 4 heteroatoms. The second-order valence-corrected chi connectivity index (χ2v) is 5.81. The van der Waals surface area contributed by atoms with Gasteiger partial charge in [0, 0.05) is 17.1 Å². The zero-order valence-corrected chi connectivity index (χ0v) is 12.2. The zero-order valence-electron chi connectivity index (χ0n) is 12.2. The number of hydrogen-bond donors (Lipinski definition) is 2. The highest BCUT2D eigenvalue weighted by atomic mass is 16.3. The lowest BCUT2D eigenvalue weighted by molar-refractivity contribution is 0.0869. The van der Waals surface area contributed by atoms with E-state index in [0.717, 1.165) is 42.3 Å². The molecule has 0 bridgehead atoms. The maximum Gasteiger partial charge on any atom is 0.252 e. The number of aliphatic hydroxyl groups is 1. The Morgan fingerprint density at radius 1 is 1.24 bits per heavy atom. The normalized spacial score (nSPS) is 22.2. The van der Waals surface area contributed by atoms with Crippen LogP contribution in [0.15, 0.2) is 30.3 Å². The Kier molecular flexibility index (Phi) is 3.88. The molecular weight excluding hydrogens is 264 g/mol. The Morgan fingerprint density at radius 3 is 2.71 bits per heavy atom. The molecule has 0 atom stereocenters. The van der Waals surface area contributed by atoms with E-state index in [4.69, 9.17) is 0 Å². The Balaban J connectivity index is 1.84. The Hall–Kier alpha value is -1.94. The fourth-order valence-corrected chi connectivity index (χ4v) is 2.98. The quantitative estimate of drug-likeness (QED) is 0.891. The van der Waals surface area contributed by atoms with Crippen molar-refractivity contribution in [1.29, 1.82) is 0 Å². The van der Waals surface area contributed by atoms with Crippen LogP contribution in [0.3, 0.4) is 0 Å². The molecule has 1 amide bonds. The molecular formula is C17H20N2O2. The molecule has 110 valence electrons. The van der Waals surface area contributed by atoms with E-state index in [-0.39, 0.29) is 18.1 Å². The van der Waals surface area contributed by atoms with E-state index in [0.29, 0.717) is 5.56 Å². The lowest BCUT2D eigenvalue weighted by Crippen LogP contribution is -2.38. The second-order valence-electron chi connectivity index (χ2n) is 5.81. The molecule has 0 unspecified atom stereocenters. The van der Waals surface area contributed by atoms with Gasteiger partial charge in [-0.15, -0.1) is 0 Å². The van der Waals surface area contributed by atoms with Crippen molar-refractivity contribution in [2.24, 2.45) is 0 Å². The van der Waals surface area contributed by atoms with Gasteiger partial charge in [0.25, 0.3) is 5.91 Å². The fraction of sp³-hybridized carbons (Fsp3) is 0.412. The van der Waals surface area contributed by atoms with Crippen molar-refractivity contribution in [1.82, 2.24) is 10.3 Å².